The summed E-state index contributed by atoms with van der Waals surface area (Å²) >= 11 is 0. The van der Waals surface area contributed by atoms with Gasteiger partial charge in [0.1, 0.15) is 0 Å². The first-order valence-electron chi connectivity index (χ1n) is 18.6. The Balaban J connectivity index is 0.0000101. The summed E-state index contributed by atoms with van der Waals surface area (Å²) in [5, 5.41) is 0. The molecule has 2 rings (SSSR count). The van der Waals surface area contributed by atoms with Gasteiger partial charge in [0.25, 0.3) is 0 Å². The van der Waals surface area contributed by atoms with E-state index >= 15 is 0 Å². The molecule has 0 N–H and O–H groups in total. The van der Waals surface area contributed by atoms with E-state index in [0.29, 0.717) is 0 Å². The predicted octanol–water partition coefficient (Wildman–Crippen LogP) is 13.6. The number of benzene rings is 2. The van der Waals surface area contributed by atoms with Crippen LogP contribution in [-0.4, -0.2) is 11.4 Å². The topological polar surface area (TPSA) is 24.7 Å². The number of unbranched alkanes of at least 4 members (excludes halogenated alkanes) is 9. The van der Waals surface area contributed by atoms with Gasteiger partial charge in [-0.3, -0.25) is 4.99 Å². The Kier molecular flexibility index (Phi) is 23.8. The maximum atomic E-state index is 5.44. The van der Waals surface area contributed by atoms with Crippen LogP contribution in [0.1, 0.15) is 167 Å². The van der Waals surface area contributed by atoms with Crippen molar-refractivity contribution in [2.75, 3.05) is 0 Å². The third kappa shape index (κ3) is 17.5. The Bertz CT molecular complexity index is 1090. The molecule has 0 unspecified atom stereocenters. The number of allylic oxidation sites excluding steroid dienone is 2. The number of rotatable bonds is 24. The Labute approximate surface area is 289 Å². The molecule has 0 aromatic heterocycles. The van der Waals surface area contributed by atoms with Crippen LogP contribution in [0, 0.1) is 0 Å². The molecule has 0 fully saturated rings. The summed E-state index contributed by atoms with van der Waals surface area (Å²) in [5.41, 5.74) is 10.1. The zero-order chi connectivity index (χ0) is 31.8. The molecular formula is C42H66N2Ni. The Morgan fingerprint density at radius 2 is 0.911 bits per heavy atom. The number of nitrogens with zero attached hydrogens (tertiary/aromatic N) is 2. The monoisotopic (exact) mass is 656 g/mol. The van der Waals surface area contributed by atoms with Crippen LogP contribution in [-0.2, 0) is 42.2 Å². The van der Waals surface area contributed by atoms with E-state index in [1.54, 1.807) is 0 Å². The first-order chi connectivity index (χ1) is 21.6. The molecule has 45 heavy (non-hydrogen) atoms. The molecule has 0 amide bonds. The van der Waals surface area contributed by atoms with Crippen LogP contribution in [0.5, 0.6) is 0 Å². The average molecular weight is 658 g/mol. The first kappa shape index (κ1) is 41.0. The van der Waals surface area contributed by atoms with Gasteiger partial charge in [0, 0.05) is 16.5 Å². The third-order valence-electron chi connectivity index (χ3n) is 8.43. The molecule has 0 aliphatic carbocycles. The largest absolute Gasteiger partial charge is 0.251 e. The maximum Gasteiger partial charge on any atom is 0.0848 e. The molecule has 0 bridgehead atoms. The van der Waals surface area contributed by atoms with Crippen molar-refractivity contribution in [1.82, 2.24) is 0 Å². The smallest absolute Gasteiger partial charge is 0.0848 e. The van der Waals surface area contributed by atoms with Crippen LogP contribution in [0.25, 0.3) is 0 Å². The molecule has 254 valence electrons. The molecular weight excluding hydrogens is 591 g/mol. The zero-order valence-electron chi connectivity index (χ0n) is 30.0. The van der Waals surface area contributed by atoms with Gasteiger partial charge in [-0.05, 0) is 130 Å². The van der Waals surface area contributed by atoms with Crippen LogP contribution in [0.15, 0.2) is 58.5 Å². The van der Waals surface area contributed by atoms with Crippen molar-refractivity contribution in [2.24, 2.45) is 9.98 Å². The molecule has 2 nitrogen and oxygen atoms in total. The van der Waals surface area contributed by atoms with Gasteiger partial charge in [-0.2, -0.15) is 0 Å². The van der Waals surface area contributed by atoms with E-state index in [1.807, 2.05) is 0 Å². The molecule has 0 aliphatic rings. The molecule has 2 aromatic rings. The fourth-order valence-corrected chi connectivity index (χ4v) is 5.68. The van der Waals surface area contributed by atoms with E-state index < -0.39 is 0 Å². The quantitative estimate of drug-likeness (QED) is 0.0610. The van der Waals surface area contributed by atoms with Crippen LogP contribution in [0.4, 0.5) is 11.4 Å². The van der Waals surface area contributed by atoms with Gasteiger partial charge in [0.2, 0.25) is 0 Å². The fourth-order valence-electron chi connectivity index (χ4n) is 5.68. The molecule has 0 saturated heterocycles. The SMILES string of the molecule is CCCCCC/C=C/C(=N\c1cc(CCCC)cc(CCCC)c1)C(/CCCC)=N/c1cc(CCCC)cc(CCCC)c1.[Ni]. The van der Waals surface area contributed by atoms with Gasteiger partial charge in [0.15, 0.2) is 0 Å². The molecule has 0 radical (unpaired) electrons. The van der Waals surface area contributed by atoms with Gasteiger partial charge in [-0.25, -0.2) is 4.99 Å². The van der Waals surface area contributed by atoms with E-state index in [0.717, 1.165) is 74.2 Å². The van der Waals surface area contributed by atoms with Gasteiger partial charge < -0.3 is 0 Å². The standard InChI is InChI=1S/C42H66N2.Ni/c1-7-13-19-20-21-22-28-42(44-40-33-37(25-16-10-4)30-38(34-40)26-17-11-5)41(27-18-12-6)43-39-31-35(23-14-8-2)29-36(32-39)24-15-9-3;/h22,28-34H,7-21,23-27H2,1-6H3;/b28-22+,43-41+,44-42+;. The summed E-state index contributed by atoms with van der Waals surface area (Å²) in [7, 11) is 0. The van der Waals surface area contributed by atoms with Crippen molar-refractivity contribution in [2.45, 2.75) is 170 Å². The molecule has 0 atom stereocenters. The number of hydrogen-bond acceptors (Lipinski definition) is 2. The van der Waals surface area contributed by atoms with Gasteiger partial charge in [-0.1, -0.05) is 111 Å². The molecule has 0 heterocycles. The minimum atomic E-state index is 0. The second-order valence-corrected chi connectivity index (χ2v) is 12.8. The molecule has 0 spiro atoms. The first-order valence-corrected chi connectivity index (χ1v) is 18.6. The van der Waals surface area contributed by atoms with Crippen LogP contribution >= 0.6 is 0 Å². The van der Waals surface area contributed by atoms with E-state index in [2.05, 4.69) is 90.1 Å². The fraction of sp³-hybridized carbons (Fsp3) is 0.619. The Morgan fingerprint density at radius 1 is 0.489 bits per heavy atom. The maximum absolute atomic E-state index is 5.44. The van der Waals surface area contributed by atoms with Crippen molar-refractivity contribution in [3.8, 4) is 0 Å². The summed E-state index contributed by atoms with van der Waals surface area (Å²) in [5.74, 6) is 0. The number of hydrogen-bond donors (Lipinski definition) is 0. The Hall–Kier alpha value is -1.99. The minimum Gasteiger partial charge on any atom is -0.251 e. The van der Waals surface area contributed by atoms with Gasteiger partial charge in [-0.15, -0.1) is 0 Å². The van der Waals surface area contributed by atoms with E-state index in [1.165, 1.54) is 99.3 Å². The summed E-state index contributed by atoms with van der Waals surface area (Å²) in [6.45, 7) is 13.7. The van der Waals surface area contributed by atoms with Crippen LogP contribution in [0.2, 0.25) is 0 Å². The average Bonchev–Trinajstić information content (AvgIpc) is 3.03. The van der Waals surface area contributed by atoms with Crippen molar-refractivity contribution < 1.29 is 16.5 Å². The van der Waals surface area contributed by atoms with Crippen LogP contribution < -0.4 is 0 Å². The predicted molar refractivity (Wildman–Crippen MR) is 199 cm³/mol. The van der Waals surface area contributed by atoms with E-state index in [9.17, 15) is 0 Å². The van der Waals surface area contributed by atoms with Crippen molar-refractivity contribution in [3.63, 3.8) is 0 Å². The second-order valence-electron chi connectivity index (χ2n) is 12.8. The Morgan fingerprint density at radius 3 is 1.33 bits per heavy atom. The summed E-state index contributed by atoms with van der Waals surface area (Å²) in [4.78, 5) is 10.9. The molecule has 0 saturated carbocycles. The molecule has 3 heteroatoms. The van der Waals surface area contributed by atoms with Crippen molar-refractivity contribution >= 4 is 22.8 Å². The summed E-state index contributed by atoms with van der Waals surface area (Å²) in [6, 6.07) is 14.2. The summed E-state index contributed by atoms with van der Waals surface area (Å²) in [6.07, 6.45) is 28.4. The van der Waals surface area contributed by atoms with Gasteiger partial charge in [0.05, 0.1) is 22.8 Å². The molecule has 2 aromatic carbocycles. The van der Waals surface area contributed by atoms with Crippen molar-refractivity contribution in [3.05, 3.63) is 70.8 Å². The zero-order valence-corrected chi connectivity index (χ0v) is 31.0. The summed E-state index contributed by atoms with van der Waals surface area (Å²) < 4.78 is 0. The van der Waals surface area contributed by atoms with Crippen molar-refractivity contribution in [1.29, 1.82) is 0 Å². The minimum absolute atomic E-state index is 0. The molecule has 0 aliphatic heterocycles. The normalized spacial score (nSPS) is 12.2. The number of aryl methyl sites for hydroxylation is 4. The van der Waals surface area contributed by atoms with Gasteiger partial charge >= 0.3 is 0 Å². The van der Waals surface area contributed by atoms with E-state index in [-0.39, 0.29) is 16.5 Å². The van der Waals surface area contributed by atoms with Crippen LogP contribution in [0.3, 0.4) is 0 Å². The van der Waals surface area contributed by atoms with E-state index in [4.69, 9.17) is 9.98 Å². The number of aliphatic imine (C=N–C) groups is 2. The second kappa shape index (κ2) is 26.1. The third-order valence-corrected chi connectivity index (χ3v) is 8.43.